The van der Waals surface area contributed by atoms with Crippen LogP contribution in [-0.4, -0.2) is 18.4 Å². The molecule has 1 heterocycles. The standard InChI is InChI=1S/C20H20F2N2O2/c1-12(2)20(26)24-9-3-4-13-5-7-15(11-18(13)24)23-19(25)16-8-6-14(21)10-17(16)22/h5-8,10-12H,3-4,9H2,1-2H3,(H,23,25). The summed E-state index contributed by atoms with van der Waals surface area (Å²) in [5, 5.41) is 2.62. The van der Waals surface area contributed by atoms with Crippen molar-refractivity contribution in [2.45, 2.75) is 26.7 Å². The first-order valence-electron chi connectivity index (χ1n) is 8.57. The van der Waals surface area contributed by atoms with E-state index in [1.807, 2.05) is 19.9 Å². The highest BCUT2D eigenvalue weighted by Crippen LogP contribution is 2.31. The number of rotatable bonds is 3. The molecule has 0 unspecified atom stereocenters. The lowest BCUT2D eigenvalue weighted by Crippen LogP contribution is -2.38. The summed E-state index contributed by atoms with van der Waals surface area (Å²) in [7, 11) is 0. The van der Waals surface area contributed by atoms with E-state index in [4.69, 9.17) is 0 Å². The number of anilines is 2. The highest BCUT2D eigenvalue weighted by Gasteiger charge is 2.25. The van der Waals surface area contributed by atoms with Crippen LogP contribution in [0.2, 0.25) is 0 Å². The molecule has 2 amide bonds. The molecular weight excluding hydrogens is 338 g/mol. The van der Waals surface area contributed by atoms with Gasteiger partial charge in [-0.25, -0.2) is 8.78 Å². The van der Waals surface area contributed by atoms with Gasteiger partial charge in [-0.15, -0.1) is 0 Å². The fourth-order valence-electron chi connectivity index (χ4n) is 3.06. The maximum atomic E-state index is 13.8. The largest absolute Gasteiger partial charge is 0.322 e. The zero-order valence-corrected chi connectivity index (χ0v) is 14.7. The van der Waals surface area contributed by atoms with Crippen LogP contribution in [0.5, 0.6) is 0 Å². The Balaban J connectivity index is 1.87. The minimum Gasteiger partial charge on any atom is -0.322 e. The molecule has 1 aliphatic rings. The van der Waals surface area contributed by atoms with Crippen molar-refractivity contribution in [1.82, 2.24) is 0 Å². The zero-order chi connectivity index (χ0) is 18.8. The second kappa shape index (κ2) is 7.23. The number of benzene rings is 2. The molecule has 0 saturated carbocycles. The van der Waals surface area contributed by atoms with Gasteiger partial charge in [-0.1, -0.05) is 19.9 Å². The van der Waals surface area contributed by atoms with Gasteiger partial charge >= 0.3 is 0 Å². The van der Waals surface area contributed by atoms with Crippen LogP contribution in [0.15, 0.2) is 36.4 Å². The maximum absolute atomic E-state index is 13.8. The van der Waals surface area contributed by atoms with Crippen LogP contribution < -0.4 is 10.2 Å². The van der Waals surface area contributed by atoms with E-state index in [0.717, 1.165) is 36.2 Å². The Hall–Kier alpha value is -2.76. The number of fused-ring (bicyclic) bond motifs is 1. The fraction of sp³-hybridized carbons (Fsp3) is 0.300. The van der Waals surface area contributed by atoms with Gasteiger partial charge in [0, 0.05) is 29.9 Å². The molecule has 0 atom stereocenters. The highest BCUT2D eigenvalue weighted by atomic mass is 19.1. The van der Waals surface area contributed by atoms with Crippen LogP contribution in [0.1, 0.15) is 36.2 Å². The van der Waals surface area contributed by atoms with Crippen LogP contribution in [0, 0.1) is 17.6 Å². The minimum atomic E-state index is -0.919. The smallest absolute Gasteiger partial charge is 0.258 e. The summed E-state index contributed by atoms with van der Waals surface area (Å²) < 4.78 is 26.8. The topological polar surface area (TPSA) is 49.4 Å². The summed E-state index contributed by atoms with van der Waals surface area (Å²) in [6.45, 7) is 4.33. The lowest BCUT2D eigenvalue weighted by atomic mass is 9.99. The van der Waals surface area contributed by atoms with Gasteiger partial charge in [0.2, 0.25) is 5.91 Å². The number of amides is 2. The van der Waals surface area contributed by atoms with E-state index in [2.05, 4.69) is 5.32 Å². The number of carbonyl (C=O) groups is 2. The van der Waals surface area contributed by atoms with E-state index in [1.54, 1.807) is 17.0 Å². The van der Waals surface area contributed by atoms with Crippen molar-refractivity contribution in [2.75, 3.05) is 16.8 Å². The minimum absolute atomic E-state index is 0.0269. The Bertz CT molecular complexity index is 865. The van der Waals surface area contributed by atoms with Crippen molar-refractivity contribution in [2.24, 2.45) is 5.92 Å². The molecule has 0 spiro atoms. The zero-order valence-electron chi connectivity index (χ0n) is 14.7. The molecule has 0 aliphatic carbocycles. The van der Waals surface area contributed by atoms with E-state index in [-0.39, 0.29) is 17.4 Å². The third kappa shape index (κ3) is 3.59. The molecule has 1 aliphatic heterocycles. The summed E-state index contributed by atoms with van der Waals surface area (Å²) in [6, 6.07) is 8.13. The van der Waals surface area contributed by atoms with Gasteiger partial charge < -0.3 is 10.2 Å². The van der Waals surface area contributed by atoms with E-state index >= 15 is 0 Å². The number of carbonyl (C=O) groups excluding carboxylic acids is 2. The summed E-state index contributed by atoms with van der Waals surface area (Å²) in [4.78, 5) is 26.5. The Morgan fingerprint density at radius 2 is 1.88 bits per heavy atom. The first kappa shape index (κ1) is 18.0. The Morgan fingerprint density at radius 1 is 1.12 bits per heavy atom. The number of nitrogens with one attached hydrogen (secondary N) is 1. The first-order chi connectivity index (χ1) is 12.4. The van der Waals surface area contributed by atoms with E-state index in [9.17, 15) is 18.4 Å². The summed E-state index contributed by atoms with van der Waals surface area (Å²) in [5.41, 5.74) is 2.03. The van der Waals surface area contributed by atoms with Gasteiger partial charge in [0.25, 0.3) is 5.91 Å². The SMILES string of the molecule is CC(C)C(=O)N1CCCc2ccc(NC(=O)c3ccc(F)cc3F)cc21. The lowest BCUT2D eigenvalue weighted by molar-refractivity contribution is -0.121. The van der Waals surface area contributed by atoms with E-state index < -0.39 is 17.5 Å². The van der Waals surface area contributed by atoms with Gasteiger partial charge in [-0.2, -0.15) is 0 Å². The van der Waals surface area contributed by atoms with Crippen LogP contribution in [0.4, 0.5) is 20.2 Å². The maximum Gasteiger partial charge on any atom is 0.258 e. The molecule has 26 heavy (non-hydrogen) atoms. The van der Waals surface area contributed by atoms with Crippen molar-refractivity contribution in [1.29, 1.82) is 0 Å². The van der Waals surface area contributed by atoms with Gasteiger partial charge in [-0.05, 0) is 42.7 Å². The molecule has 2 aromatic carbocycles. The monoisotopic (exact) mass is 358 g/mol. The van der Waals surface area contributed by atoms with Gasteiger partial charge in [-0.3, -0.25) is 9.59 Å². The van der Waals surface area contributed by atoms with Crippen LogP contribution in [0.3, 0.4) is 0 Å². The quantitative estimate of drug-likeness (QED) is 0.896. The number of hydrogen-bond donors (Lipinski definition) is 1. The Labute approximate surface area is 150 Å². The summed E-state index contributed by atoms with van der Waals surface area (Å²) >= 11 is 0. The van der Waals surface area contributed by atoms with Crippen LogP contribution in [-0.2, 0) is 11.2 Å². The van der Waals surface area contributed by atoms with Crippen molar-refractivity contribution in [3.63, 3.8) is 0 Å². The molecule has 6 heteroatoms. The predicted octanol–water partition coefficient (Wildman–Crippen LogP) is 4.15. The van der Waals surface area contributed by atoms with Crippen molar-refractivity contribution < 1.29 is 18.4 Å². The Morgan fingerprint density at radius 3 is 2.58 bits per heavy atom. The molecule has 0 bridgehead atoms. The van der Waals surface area contributed by atoms with Gasteiger partial charge in [0.05, 0.1) is 5.56 Å². The van der Waals surface area contributed by atoms with Gasteiger partial charge in [0.15, 0.2) is 0 Å². The normalized spacial score (nSPS) is 13.5. The molecule has 0 aromatic heterocycles. The molecule has 4 nitrogen and oxygen atoms in total. The number of hydrogen-bond acceptors (Lipinski definition) is 2. The lowest BCUT2D eigenvalue weighted by Gasteiger charge is -2.31. The number of halogens is 2. The molecule has 3 rings (SSSR count). The number of nitrogens with zero attached hydrogens (tertiary/aromatic N) is 1. The second-order valence-electron chi connectivity index (χ2n) is 6.67. The van der Waals surface area contributed by atoms with E-state index in [0.29, 0.717) is 18.3 Å². The summed E-state index contributed by atoms with van der Waals surface area (Å²) in [6.07, 6.45) is 1.75. The molecule has 0 fully saturated rings. The van der Waals surface area contributed by atoms with Crippen molar-refractivity contribution in [3.05, 3.63) is 59.2 Å². The highest BCUT2D eigenvalue weighted by molar-refractivity contribution is 6.05. The molecule has 136 valence electrons. The average Bonchev–Trinajstić information content (AvgIpc) is 2.60. The summed E-state index contributed by atoms with van der Waals surface area (Å²) in [5.74, 6) is -2.43. The van der Waals surface area contributed by atoms with E-state index in [1.165, 1.54) is 0 Å². The van der Waals surface area contributed by atoms with Crippen LogP contribution >= 0.6 is 0 Å². The molecule has 0 saturated heterocycles. The first-order valence-corrected chi connectivity index (χ1v) is 8.57. The second-order valence-corrected chi connectivity index (χ2v) is 6.67. The number of aryl methyl sites for hydroxylation is 1. The average molecular weight is 358 g/mol. The molecule has 0 radical (unpaired) electrons. The van der Waals surface area contributed by atoms with Crippen LogP contribution in [0.25, 0.3) is 0 Å². The molecule has 2 aromatic rings. The Kier molecular flexibility index (Phi) is 5.02. The predicted molar refractivity (Wildman–Crippen MR) is 96.3 cm³/mol. The van der Waals surface area contributed by atoms with Crippen molar-refractivity contribution >= 4 is 23.2 Å². The molecular formula is C20H20F2N2O2. The third-order valence-electron chi connectivity index (χ3n) is 4.40. The third-order valence-corrected chi connectivity index (χ3v) is 4.40. The molecule has 1 N–H and O–H groups in total. The van der Waals surface area contributed by atoms with Gasteiger partial charge in [0.1, 0.15) is 11.6 Å². The van der Waals surface area contributed by atoms with Crippen molar-refractivity contribution in [3.8, 4) is 0 Å². The fourth-order valence-corrected chi connectivity index (χ4v) is 3.06.